The Hall–Kier alpha value is -2.42. The van der Waals surface area contributed by atoms with Gasteiger partial charge in [-0.15, -0.1) is 0 Å². The lowest BCUT2D eigenvalue weighted by molar-refractivity contribution is -0.139. The fourth-order valence-electron chi connectivity index (χ4n) is 1.12. The molecule has 1 aromatic heterocycles. The van der Waals surface area contributed by atoms with Gasteiger partial charge in [-0.3, -0.25) is 9.59 Å². The van der Waals surface area contributed by atoms with E-state index in [4.69, 9.17) is 5.26 Å². The molecule has 0 aliphatic heterocycles. The van der Waals surface area contributed by atoms with Gasteiger partial charge in [0.1, 0.15) is 18.3 Å². The van der Waals surface area contributed by atoms with E-state index in [-0.39, 0.29) is 12.2 Å². The lowest BCUT2D eigenvalue weighted by Crippen LogP contribution is -2.30. The van der Waals surface area contributed by atoms with E-state index in [9.17, 15) is 9.59 Å². The summed E-state index contributed by atoms with van der Waals surface area (Å²) in [7, 11) is 1.23. The third kappa shape index (κ3) is 3.28. The topological polar surface area (TPSA) is 92.1 Å². The third-order valence-electron chi connectivity index (χ3n) is 2.06. The highest BCUT2D eigenvalue weighted by Crippen LogP contribution is 2.05. The van der Waals surface area contributed by atoms with Gasteiger partial charge in [-0.05, 0) is 19.1 Å². The Morgan fingerprint density at radius 3 is 2.76 bits per heavy atom. The van der Waals surface area contributed by atoms with Gasteiger partial charge in [0.25, 0.3) is 5.91 Å². The van der Waals surface area contributed by atoms with Gasteiger partial charge in [0.05, 0.1) is 18.4 Å². The molecule has 0 aliphatic carbocycles. The number of amides is 1. The lowest BCUT2D eigenvalue weighted by atomic mass is 10.2. The number of aryl methyl sites for hydroxylation is 1. The highest BCUT2D eigenvalue weighted by Gasteiger charge is 2.10. The minimum Gasteiger partial charge on any atom is -0.468 e. The van der Waals surface area contributed by atoms with Crippen molar-refractivity contribution < 1.29 is 14.3 Å². The van der Waals surface area contributed by atoms with E-state index in [0.29, 0.717) is 11.3 Å². The van der Waals surface area contributed by atoms with Crippen molar-refractivity contribution in [3.05, 3.63) is 29.1 Å². The molecule has 0 bridgehead atoms. The molecule has 1 amide bonds. The maximum Gasteiger partial charge on any atom is 0.325 e. The van der Waals surface area contributed by atoms with E-state index < -0.39 is 11.9 Å². The van der Waals surface area contributed by atoms with E-state index in [1.54, 1.807) is 6.92 Å². The van der Waals surface area contributed by atoms with Crippen LogP contribution in [0.25, 0.3) is 0 Å². The van der Waals surface area contributed by atoms with Crippen molar-refractivity contribution in [2.75, 3.05) is 13.7 Å². The van der Waals surface area contributed by atoms with Crippen LogP contribution in [0.4, 0.5) is 0 Å². The van der Waals surface area contributed by atoms with Crippen LogP contribution in [0.2, 0.25) is 0 Å². The molecular weight excluding hydrogens is 222 g/mol. The normalized spacial score (nSPS) is 9.24. The minimum absolute atomic E-state index is 0.158. The maximum atomic E-state index is 11.6. The smallest absolute Gasteiger partial charge is 0.325 e. The Labute approximate surface area is 98.2 Å². The van der Waals surface area contributed by atoms with E-state index in [1.807, 2.05) is 6.07 Å². The van der Waals surface area contributed by atoms with Crippen molar-refractivity contribution >= 4 is 11.9 Å². The van der Waals surface area contributed by atoms with Gasteiger partial charge in [-0.2, -0.15) is 5.26 Å². The number of hydrogen-bond donors (Lipinski definition) is 1. The summed E-state index contributed by atoms with van der Waals surface area (Å²) in [5.41, 5.74) is 1.04. The van der Waals surface area contributed by atoms with Crippen molar-refractivity contribution in [3.8, 4) is 6.07 Å². The zero-order valence-electron chi connectivity index (χ0n) is 9.48. The first-order valence-electron chi connectivity index (χ1n) is 4.81. The largest absolute Gasteiger partial charge is 0.468 e. The summed E-state index contributed by atoms with van der Waals surface area (Å²) in [5.74, 6) is -1.02. The van der Waals surface area contributed by atoms with Crippen LogP contribution in [-0.2, 0) is 9.53 Å². The molecular formula is C11H11N3O3. The van der Waals surface area contributed by atoms with Crippen LogP contribution in [0.15, 0.2) is 12.1 Å². The summed E-state index contributed by atoms with van der Waals surface area (Å²) in [5, 5.41) is 11.1. The van der Waals surface area contributed by atoms with E-state index >= 15 is 0 Å². The molecule has 0 radical (unpaired) electrons. The Balaban J connectivity index is 2.74. The SMILES string of the molecule is COC(=O)CNC(=O)c1ccc(C#N)c(C)n1. The Morgan fingerprint density at radius 1 is 1.53 bits per heavy atom. The second-order valence-electron chi connectivity index (χ2n) is 3.20. The van der Waals surface area contributed by atoms with Crippen molar-refractivity contribution in [2.24, 2.45) is 0 Å². The number of pyridine rings is 1. The summed E-state index contributed by atoms with van der Waals surface area (Å²) in [6.45, 7) is 1.42. The molecule has 0 saturated carbocycles. The highest BCUT2D eigenvalue weighted by atomic mass is 16.5. The van der Waals surface area contributed by atoms with Gasteiger partial charge >= 0.3 is 5.97 Å². The first kappa shape index (κ1) is 12.6. The van der Waals surface area contributed by atoms with Gasteiger partial charge in [0, 0.05) is 0 Å². The van der Waals surface area contributed by atoms with Crippen molar-refractivity contribution in [1.82, 2.24) is 10.3 Å². The average molecular weight is 233 g/mol. The molecule has 0 aromatic carbocycles. The number of aromatic nitrogens is 1. The number of nitriles is 1. The molecule has 0 atom stereocenters. The fourth-order valence-corrected chi connectivity index (χ4v) is 1.12. The van der Waals surface area contributed by atoms with Crippen molar-refractivity contribution in [2.45, 2.75) is 6.92 Å². The zero-order chi connectivity index (χ0) is 12.8. The Morgan fingerprint density at radius 2 is 2.24 bits per heavy atom. The number of ether oxygens (including phenoxy) is 1. The molecule has 6 nitrogen and oxygen atoms in total. The van der Waals surface area contributed by atoms with Crippen LogP contribution in [0.3, 0.4) is 0 Å². The molecule has 1 rings (SSSR count). The van der Waals surface area contributed by atoms with Crippen LogP contribution in [-0.4, -0.2) is 30.5 Å². The third-order valence-corrected chi connectivity index (χ3v) is 2.06. The molecule has 0 fully saturated rings. The second kappa shape index (κ2) is 5.61. The van der Waals surface area contributed by atoms with Gasteiger partial charge in [-0.25, -0.2) is 4.98 Å². The highest BCUT2D eigenvalue weighted by molar-refractivity contribution is 5.94. The minimum atomic E-state index is -0.538. The van der Waals surface area contributed by atoms with E-state index in [1.165, 1.54) is 19.2 Å². The number of hydrogen-bond acceptors (Lipinski definition) is 5. The lowest BCUT2D eigenvalue weighted by Gasteiger charge is -2.04. The number of methoxy groups -OCH3 is 1. The number of nitrogens with one attached hydrogen (secondary N) is 1. The van der Waals surface area contributed by atoms with Crippen LogP contribution in [0.5, 0.6) is 0 Å². The summed E-state index contributed by atoms with van der Waals surface area (Å²) < 4.78 is 4.38. The summed E-state index contributed by atoms with van der Waals surface area (Å²) >= 11 is 0. The van der Waals surface area contributed by atoms with E-state index in [2.05, 4.69) is 15.0 Å². The molecule has 1 heterocycles. The predicted octanol–water partition coefficient (Wildman–Crippen LogP) is 0.164. The molecule has 6 heteroatoms. The molecule has 1 aromatic rings. The average Bonchev–Trinajstić information content (AvgIpc) is 2.35. The Bertz CT molecular complexity index is 491. The van der Waals surface area contributed by atoms with E-state index in [0.717, 1.165) is 0 Å². The molecule has 1 N–H and O–H groups in total. The maximum absolute atomic E-state index is 11.6. The first-order valence-corrected chi connectivity index (χ1v) is 4.81. The molecule has 0 aliphatic rings. The fraction of sp³-hybridized carbons (Fsp3) is 0.273. The zero-order valence-corrected chi connectivity index (χ0v) is 9.48. The number of nitrogens with zero attached hydrogens (tertiary/aromatic N) is 2. The van der Waals surface area contributed by atoms with Gasteiger partial charge < -0.3 is 10.1 Å². The van der Waals surface area contributed by atoms with Crippen LogP contribution < -0.4 is 5.32 Å². The monoisotopic (exact) mass is 233 g/mol. The molecule has 88 valence electrons. The van der Waals surface area contributed by atoms with Crippen molar-refractivity contribution in [3.63, 3.8) is 0 Å². The second-order valence-corrected chi connectivity index (χ2v) is 3.20. The summed E-state index contributed by atoms with van der Waals surface area (Å²) in [4.78, 5) is 26.3. The van der Waals surface area contributed by atoms with Gasteiger partial charge in [0.2, 0.25) is 0 Å². The molecule has 0 spiro atoms. The van der Waals surface area contributed by atoms with Crippen LogP contribution >= 0.6 is 0 Å². The molecule has 0 saturated heterocycles. The molecule has 0 unspecified atom stereocenters. The summed E-state index contributed by atoms with van der Waals surface area (Å²) in [6, 6.07) is 4.89. The van der Waals surface area contributed by atoms with Gasteiger partial charge in [-0.1, -0.05) is 0 Å². The number of rotatable bonds is 3. The number of esters is 1. The quantitative estimate of drug-likeness (QED) is 0.751. The molecule has 17 heavy (non-hydrogen) atoms. The van der Waals surface area contributed by atoms with Crippen LogP contribution in [0.1, 0.15) is 21.7 Å². The predicted molar refractivity (Wildman–Crippen MR) is 58.0 cm³/mol. The van der Waals surface area contributed by atoms with Crippen molar-refractivity contribution in [1.29, 1.82) is 5.26 Å². The number of carbonyl (C=O) groups is 2. The standard InChI is InChI=1S/C11H11N3O3/c1-7-8(5-12)3-4-9(14-7)11(16)13-6-10(15)17-2/h3-4H,6H2,1-2H3,(H,13,16). The van der Waals surface area contributed by atoms with Crippen LogP contribution in [0, 0.1) is 18.3 Å². The first-order chi connectivity index (χ1) is 8.08. The summed E-state index contributed by atoms with van der Waals surface area (Å²) in [6.07, 6.45) is 0. The number of carbonyl (C=O) groups excluding carboxylic acids is 2. The van der Waals surface area contributed by atoms with Gasteiger partial charge in [0.15, 0.2) is 0 Å². The Kier molecular flexibility index (Phi) is 4.17.